The molecule has 0 unspecified atom stereocenters. The molecule has 3 aromatic carbocycles. The first-order valence-electron chi connectivity index (χ1n) is 11.5. The number of nitrogens with zero attached hydrogens (tertiary/aromatic N) is 2. The second-order valence-electron chi connectivity index (χ2n) is 8.22. The minimum Gasteiger partial charge on any atom is -0.486 e. The number of carbonyl (C=O) groups excluding carboxylic acids is 1. The fraction of sp³-hybridized carbons (Fsp3) is 0.259. The summed E-state index contributed by atoms with van der Waals surface area (Å²) >= 11 is 0. The molecular formula is C27H27N3O4. The second kappa shape index (κ2) is 9.87. The van der Waals surface area contributed by atoms with Crippen molar-refractivity contribution in [2.75, 3.05) is 13.3 Å². The number of ether oxygens (including phenoxy) is 3. The van der Waals surface area contributed by atoms with Crippen LogP contribution in [0.4, 0.5) is 0 Å². The molecule has 34 heavy (non-hydrogen) atoms. The first kappa shape index (κ1) is 21.8. The third kappa shape index (κ3) is 4.69. The first-order valence-corrected chi connectivity index (χ1v) is 11.5. The Morgan fingerprint density at radius 3 is 2.76 bits per heavy atom. The Balaban J connectivity index is 1.46. The maximum Gasteiger partial charge on any atom is 0.251 e. The van der Waals surface area contributed by atoms with Crippen molar-refractivity contribution in [1.82, 2.24) is 14.9 Å². The Hall–Kier alpha value is -4.00. The van der Waals surface area contributed by atoms with Gasteiger partial charge in [-0.25, -0.2) is 4.98 Å². The van der Waals surface area contributed by atoms with Crippen LogP contribution in [-0.2, 0) is 13.2 Å². The normalized spacial score (nSPS) is 12.1. The van der Waals surface area contributed by atoms with E-state index in [2.05, 4.69) is 16.8 Å². The lowest BCUT2D eigenvalue weighted by molar-refractivity contribution is 0.0953. The fourth-order valence-corrected chi connectivity index (χ4v) is 3.97. The molecule has 2 heterocycles. The summed E-state index contributed by atoms with van der Waals surface area (Å²) in [5.41, 5.74) is 3.36. The minimum atomic E-state index is -0.0808. The molecule has 7 heteroatoms. The van der Waals surface area contributed by atoms with E-state index in [4.69, 9.17) is 19.2 Å². The summed E-state index contributed by atoms with van der Waals surface area (Å²) in [5.74, 6) is 2.98. The molecule has 4 aromatic rings. The van der Waals surface area contributed by atoms with Gasteiger partial charge in [-0.15, -0.1) is 0 Å². The SMILES string of the molecule is CCCCNC(=O)c1ccc2c(c1)nc(COc1ccccc1)n2Cc1ccc2c(c1)OCO2. The van der Waals surface area contributed by atoms with Crippen LogP contribution >= 0.6 is 0 Å². The van der Waals surface area contributed by atoms with Gasteiger partial charge in [-0.1, -0.05) is 37.6 Å². The molecule has 1 amide bonds. The smallest absolute Gasteiger partial charge is 0.251 e. The molecule has 0 spiro atoms. The Bertz CT molecular complexity index is 1300. The van der Waals surface area contributed by atoms with Crippen LogP contribution in [0.15, 0.2) is 66.7 Å². The van der Waals surface area contributed by atoms with Crippen LogP contribution in [0.1, 0.15) is 41.5 Å². The molecule has 0 saturated heterocycles. The van der Waals surface area contributed by atoms with E-state index >= 15 is 0 Å². The van der Waals surface area contributed by atoms with E-state index in [1.807, 2.05) is 66.7 Å². The zero-order chi connectivity index (χ0) is 23.3. The van der Waals surface area contributed by atoms with Crippen molar-refractivity contribution >= 4 is 16.9 Å². The monoisotopic (exact) mass is 457 g/mol. The lowest BCUT2D eigenvalue weighted by Crippen LogP contribution is -2.24. The molecule has 1 aromatic heterocycles. The van der Waals surface area contributed by atoms with E-state index < -0.39 is 0 Å². The highest BCUT2D eigenvalue weighted by Crippen LogP contribution is 2.33. The first-order chi connectivity index (χ1) is 16.7. The number of hydrogen-bond acceptors (Lipinski definition) is 5. The van der Waals surface area contributed by atoms with Gasteiger partial charge >= 0.3 is 0 Å². The van der Waals surface area contributed by atoms with Gasteiger partial charge in [-0.2, -0.15) is 0 Å². The Kier molecular flexibility index (Phi) is 6.33. The third-order valence-corrected chi connectivity index (χ3v) is 5.79. The van der Waals surface area contributed by atoms with Gasteiger partial charge in [0.05, 0.1) is 11.0 Å². The Morgan fingerprint density at radius 1 is 1.06 bits per heavy atom. The van der Waals surface area contributed by atoms with Gasteiger partial charge in [0.2, 0.25) is 6.79 Å². The van der Waals surface area contributed by atoms with Crippen molar-refractivity contribution in [1.29, 1.82) is 0 Å². The molecule has 1 aliphatic heterocycles. The molecule has 0 atom stereocenters. The number of hydrogen-bond donors (Lipinski definition) is 1. The van der Waals surface area contributed by atoms with Crippen molar-refractivity contribution in [2.24, 2.45) is 0 Å². The number of unbranched alkanes of at least 4 members (excludes halogenated alkanes) is 1. The van der Waals surface area contributed by atoms with Crippen LogP contribution < -0.4 is 19.5 Å². The lowest BCUT2D eigenvalue weighted by Gasteiger charge is -2.11. The number of amides is 1. The molecule has 0 fully saturated rings. The zero-order valence-corrected chi connectivity index (χ0v) is 19.1. The van der Waals surface area contributed by atoms with Gasteiger partial charge in [-0.3, -0.25) is 4.79 Å². The van der Waals surface area contributed by atoms with Gasteiger partial charge in [0.1, 0.15) is 18.2 Å². The average Bonchev–Trinajstić information content (AvgIpc) is 3.47. The summed E-state index contributed by atoms with van der Waals surface area (Å²) in [6, 6.07) is 21.3. The molecule has 174 valence electrons. The predicted molar refractivity (Wildman–Crippen MR) is 129 cm³/mol. The number of rotatable bonds is 9. The molecule has 0 aliphatic carbocycles. The van der Waals surface area contributed by atoms with Crippen LogP contribution in [0.3, 0.4) is 0 Å². The van der Waals surface area contributed by atoms with Crippen molar-refractivity contribution in [2.45, 2.75) is 32.9 Å². The number of carbonyl (C=O) groups is 1. The molecule has 1 aliphatic rings. The maximum absolute atomic E-state index is 12.6. The summed E-state index contributed by atoms with van der Waals surface area (Å²) < 4.78 is 19.1. The molecule has 0 radical (unpaired) electrons. The lowest BCUT2D eigenvalue weighted by atomic mass is 10.1. The molecule has 0 saturated carbocycles. The van der Waals surface area contributed by atoms with Crippen molar-refractivity contribution in [3.63, 3.8) is 0 Å². The number of nitrogens with one attached hydrogen (secondary N) is 1. The summed E-state index contributed by atoms with van der Waals surface area (Å²) in [6.45, 7) is 3.90. The summed E-state index contributed by atoms with van der Waals surface area (Å²) in [7, 11) is 0. The van der Waals surface area contributed by atoms with Crippen molar-refractivity contribution < 1.29 is 19.0 Å². The number of benzene rings is 3. The largest absolute Gasteiger partial charge is 0.486 e. The third-order valence-electron chi connectivity index (χ3n) is 5.79. The van der Waals surface area contributed by atoms with Gasteiger partial charge in [0, 0.05) is 18.7 Å². The molecule has 1 N–H and O–H groups in total. The highest BCUT2D eigenvalue weighted by molar-refractivity contribution is 5.97. The topological polar surface area (TPSA) is 74.6 Å². The van der Waals surface area contributed by atoms with Crippen LogP contribution in [0.5, 0.6) is 17.2 Å². The standard InChI is InChI=1S/C27H27N3O4/c1-2-3-13-28-27(31)20-10-11-23-22(15-20)29-26(17-32-21-7-5-4-6-8-21)30(23)16-19-9-12-24-25(14-19)34-18-33-24/h4-12,14-15H,2-3,13,16-18H2,1H3,(H,28,31). The van der Waals surface area contributed by atoms with E-state index in [0.717, 1.165) is 52.5 Å². The number of fused-ring (bicyclic) bond motifs is 2. The molecule has 7 nitrogen and oxygen atoms in total. The van der Waals surface area contributed by atoms with E-state index in [1.165, 1.54) is 0 Å². The maximum atomic E-state index is 12.6. The van der Waals surface area contributed by atoms with Crippen LogP contribution in [-0.4, -0.2) is 28.8 Å². The quantitative estimate of drug-likeness (QED) is 0.361. The second-order valence-corrected chi connectivity index (χ2v) is 8.22. The van der Waals surface area contributed by atoms with Gasteiger partial charge in [-0.05, 0) is 54.4 Å². The highest BCUT2D eigenvalue weighted by Gasteiger charge is 2.17. The van der Waals surface area contributed by atoms with Crippen LogP contribution in [0.2, 0.25) is 0 Å². The predicted octanol–water partition coefficient (Wildman–Crippen LogP) is 4.92. The molecule has 0 bridgehead atoms. The van der Waals surface area contributed by atoms with Gasteiger partial charge < -0.3 is 24.1 Å². The summed E-state index contributed by atoms with van der Waals surface area (Å²) in [4.78, 5) is 17.4. The summed E-state index contributed by atoms with van der Waals surface area (Å²) in [6.07, 6.45) is 1.99. The molecule has 5 rings (SSSR count). The highest BCUT2D eigenvalue weighted by atomic mass is 16.7. The van der Waals surface area contributed by atoms with E-state index in [9.17, 15) is 4.79 Å². The van der Waals surface area contributed by atoms with Gasteiger partial charge in [0.25, 0.3) is 5.91 Å². The van der Waals surface area contributed by atoms with E-state index in [-0.39, 0.29) is 12.7 Å². The molecular weight excluding hydrogens is 430 g/mol. The number of imidazole rings is 1. The van der Waals surface area contributed by atoms with E-state index in [1.54, 1.807) is 0 Å². The van der Waals surface area contributed by atoms with Crippen molar-refractivity contribution in [3.8, 4) is 17.2 Å². The number of para-hydroxylation sites is 1. The number of aromatic nitrogens is 2. The van der Waals surface area contributed by atoms with E-state index in [0.29, 0.717) is 25.3 Å². The fourth-order valence-electron chi connectivity index (χ4n) is 3.97. The average molecular weight is 458 g/mol. The Morgan fingerprint density at radius 2 is 1.91 bits per heavy atom. The zero-order valence-electron chi connectivity index (χ0n) is 19.1. The van der Waals surface area contributed by atoms with Crippen LogP contribution in [0.25, 0.3) is 11.0 Å². The van der Waals surface area contributed by atoms with Crippen LogP contribution in [0, 0.1) is 0 Å². The Labute approximate surface area is 198 Å². The van der Waals surface area contributed by atoms with Gasteiger partial charge in [0.15, 0.2) is 11.5 Å². The van der Waals surface area contributed by atoms with Crippen molar-refractivity contribution in [3.05, 3.63) is 83.7 Å². The summed E-state index contributed by atoms with van der Waals surface area (Å²) in [5, 5.41) is 2.97. The minimum absolute atomic E-state index is 0.0808.